The van der Waals surface area contributed by atoms with E-state index in [0.29, 0.717) is 28.0 Å². The normalized spacial score (nSPS) is 9.76. The SMILES string of the molecule is C.C.C.C.C#C[Si](C)(C)C.C#Cc1cc(-c2ccc(Cl)cc2)cnc1N.C[Si](C)(C)C#Cc1cc(-c2ccc(Cl)cc2)cnc1N.Clc1ccc(-c2cnc3[nH]ccc3c2)cc1.F.Nc1ncc(-c2ccc(Cl)cc2)cc1Br. The van der Waals surface area contributed by atoms with Crippen molar-refractivity contribution in [1.29, 1.82) is 0 Å². The lowest BCUT2D eigenvalue weighted by molar-refractivity contribution is 1.11. The van der Waals surface area contributed by atoms with Crippen LogP contribution in [0.5, 0.6) is 0 Å². The minimum Gasteiger partial charge on any atom is -0.383 e. The van der Waals surface area contributed by atoms with Crippen LogP contribution in [0.1, 0.15) is 40.8 Å². The van der Waals surface area contributed by atoms with Gasteiger partial charge in [0, 0.05) is 78.7 Å². The molecule has 0 aliphatic carbocycles. The Hall–Kier alpha value is -6.90. The van der Waals surface area contributed by atoms with E-state index in [2.05, 4.69) is 109 Å². The van der Waals surface area contributed by atoms with Crippen LogP contribution in [0.4, 0.5) is 22.2 Å². The Balaban J connectivity index is 0.000000962. The summed E-state index contributed by atoms with van der Waals surface area (Å²) in [7, 11) is -2.53. The van der Waals surface area contributed by atoms with Crippen molar-refractivity contribution in [3.05, 3.63) is 194 Å². The van der Waals surface area contributed by atoms with E-state index in [1.54, 1.807) is 18.6 Å². The molecule has 5 aromatic heterocycles. The average molecular weight is 1220 g/mol. The molecule has 0 atom stereocenters. The van der Waals surface area contributed by atoms with Crippen molar-refractivity contribution in [2.24, 2.45) is 0 Å². The predicted molar refractivity (Wildman–Crippen MR) is 351 cm³/mol. The van der Waals surface area contributed by atoms with Crippen LogP contribution < -0.4 is 17.2 Å². The molecule has 0 aliphatic rings. The van der Waals surface area contributed by atoms with Crippen molar-refractivity contribution < 1.29 is 4.70 Å². The molecule has 0 amide bonds. The van der Waals surface area contributed by atoms with Crippen LogP contribution in [0.25, 0.3) is 55.5 Å². The third kappa shape index (κ3) is 23.0. The van der Waals surface area contributed by atoms with Crippen LogP contribution in [-0.4, -0.2) is 41.1 Å². The van der Waals surface area contributed by atoms with Crippen molar-refractivity contribution in [1.82, 2.24) is 24.9 Å². The fourth-order valence-electron chi connectivity index (χ4n) is 6.01. The zero-order valence-electron chi connectivity index (χ0n) is 41.5. The number of H-pyrrole nitrogens is 1. The van der Waals surface area contributed by atoms with Crippen LogP contribution in [0.15, 0.2) is 163 Å². The van der Waals surface area contributed by atoms with E-state index in [0.717, 1.165) is 80.6 Å². The topological polar surface area (TPSA) is 145 Å². The van der Waals surface area contributed by atoms with Gasteiger partial charge in [-0.2, -0.15) is 0 Å². The quantitative estimate of drug-likeness (QED) is 0.101. The van der Waals surface area contributed by atoms with Gasteiger partial charge in [-0.15, -0.1) is 23.9 Å². The Kier molecular flexibility index (Phi) is 30.5. The third-order valence-electron chi connectivity index (χ3n) is 9.98. The highest BCUT2D eigenvalue weighted by Gasteiger charge is 2.10. The van der Waals surface area contributed by atoms with Crippen molar-refractivity contribution >= 4 is 107 Å². The van der Waals surface area contributed by atoms with E-state index < -0.39 is 16.1 Å². The van der Waals surface area contributed by atoms with Gasteiger partial charge in [-0.1, -0.05) is 176 Å². The van der Waals surface area contributed by atoms with E-state index in [-0.39, 0.29) is 34.4 Å². The lowest BCUT2D eigenvalue weighted by atomic mass is 10.1. The van der Waals surface area contributed by atoms with Gasteiger partial charge < -0.3 is 22.2 Å². The molecule has 0 spiro atoms. The summed E-state index contributed by atoms with van der Waals surface area (Å²) in [6, 6.07) is 40.4. The second-order valence-corrected chi connectivity index (χ2v) is 30.2. The maximum absolute atomic E-state index is 5.90. The number of benzene rings is 4. The summed E-state index contributed by atoms with van der Waals surface area (Å²) in [6.45, 7) is 13.0. The molecule has 9 aromatic rings. The highest BCUT2D eigenvalue weighted by Crippen LogP contribution is 2.28. The molecular weight excluding hydrogens is 1150 g/mol. The van der Waals surface area contributed by atoms with E-state index in [1.807, 2.05) is 134 Å². The van der Waals surface area contributed by atoms with Crippen LogP contribution in [-0.2, 0) is 0 Å². The third-order valence-corrected chi connectivity index (χ3v) is 13.4. The number of pyridine rings is 4. The van der Waals surface area contributed by atoms with Gasteiger partial charge in [-0.25, -0.2) is 19.9 Å². The summed E-state index contributed by atoms with van der Waals surface area (Å²) in [4.78, 5) is 19.8. The molecule has 16 heteroatoms. The molecule has 9 rings (SSSR count). The Morgan fingerprint density at radius 2 is 0.795 bits per heavy atom. The fourth-order valence-corrected chi connectivity index (χ4v) is 7.37. The van der Waals surface area contributed by atoms with Crippen molar-refractivity contribution in [3.8, 4) is 80.3 Å². The molecule has 0 saturated heterocycles. The number of terminal acetylenes is 2. The number of nitrogens with zero attached hydrogens (tertiary/aromatic N) is 4. The van der Waals surface area contributed by atoms with Crippen molar-refractivity contribution in [2.45, 2.75) is 69.0 Å². The van der Waals surface area contributed by atoms with E-state index in [1.165, 1.54) is 0 Å². The van der Waals surface area contributed by atoms with E-state index >= 15 is 0 Å². The second-order valence-electron chi connectivity index (χ2n) is 18.1. The van der Waals surface area contributed by atoms with Gasteiger partial charge in [0.25, 0.3) is 0 Å². The Morgan fingerprint density at radius 3 is 1.15 bits per heavy atom. The molecule has 0 fully saturated rings. The highest BCUT2D eigenvalue weighted by molar-refractivity contribution is 9.10. The Bertz CT molecular complexity index is 3430. The van der Waals surface area contributed by atoms with E-state index in [9.17, 15) is 0 Å². The van der Waals surface area contributed by atoms with Gasteiger partial charge in [0.1, 0.15) is 39.2 Å². The molecular formula is C62H70BrCl4FN8Si2. The summed E-state index contributed by atoms with van der Waals surface area (Å²) < 4.78 is 0.801. The number of nitrogen functional groups attached to an aromatic ring is 3. The lowest BCUT2D eigenvalue weighted by Crippen LogP contribution is -2.16. The number of hydrogen-bond acceptors (Lipinski definition) is 7. The standard InChI is InChI=1S/C16H17ClN2Si.2C13H9ClN2.C11H8BrClN2.C5H10Si.4CH4.FH/c1-20(2,3)9-8-13-10-14(11-19-16(13)18)12-4-6-15(17)7-5-12;14-12-3-1-9(2-4-12)11-7-10-5-6-15-13(10)16-8-11;1-2-9-7-11(8-16-13(9)15)10-3-5-12(14)6-4-10;12-10-5-8(6-15-11(10)14)7-1-3-9(13)4-2-7;1-5-6(2,3)4;;;;;/h4-7,10-11H,1-3H3,(H2,18,19);1-8H,(H,15,16);1,3-8H,(H2,15,16);1-6H,(H2,14,15);1H,2-4H3;4*1H4;1H. The number of aromatic nitrogens is 5. The fraction of sp³-hybridized carbons (Fsp3) is 0.161. The molecule has 0 bridgehead atoms. The van der Waals surface area contributed by atoms with Crippen LogP contribution in [0, 0.1) is 35.8 Å². The number of halogens is 6. The minimum absolute atomic E-state index is 0. The number of nitrogens with one attached hydrogen (secondary N) is 1. The molecule has 7 N–H and O–H groups in total. The maximum Gasteiger partial charge on any atom is 0.139 e. The zero-order chi connectivity index (χ0) is 53.3. The van der Waals surface area contributed by atoms with Crippen molar-refractivity contribution in [2.75, 3.05) is 17.2 Å². The molecule has 0 saturated carbocycles. The Morgan fingerprint density at radius 1 is 0.462 bits per heavy atom. The molecule has 408 valence electrons. The van der Waals surface area contributed by atoms with Gasteiger partial charge in [0.2, 0.25) is 0 Å². The average Bonchev–Trinajstić information content (AvgIpc) is 3.85. The van der Waals surface area contributed by atoms with Crippen molar-refractivity contribution in [3.63, 3.8) is 0 Å². The smallest absolute Gasteiger partial charge is 0.139 e. The van der Waals surface area contributed by atoms with Crippen LogP contribution in [0.3, 0.4) is 0 Å². The van der Waals surface area contributed by atoms with E-state index in [4.69, 9.17) is 76.5 Å². The zero-order valence-corrected chi connectivity index (χ0v) is 48.1. The largest absolute Gasteiger partial charge is 0.383 e. The molecule has 4 aromatic carbocycles. The van der Waals surface area contributed by atoms with Gasteiger partial charge >= 0.3 is 0 Å². The number of aromatic amines is 1. The number of rotatable bonds is 4. The van der Waals surface area contributed by atoms with Gasteiger partial charge in [0.05, 0.1) is 15.6 Å². The van der Waals surface area contributed by atoms with Gasteiger partial charge in [-0.3, -0.25) is 4.70 Å². The van der Waals surface area contributed by atoms with Crippen LogP contribution >= 0.6 is 62.3 Å². The molecule has 0 unspecified atom stereocenters. The molecule has 5 heterocycles. The first-order chi connectivity index (χ1) is 34.6. The first kappa shape index (κ1) is 71.1. The number of nitrogens with two attached hydrogens (primary N) is 3. The number of hydrogen-bond donors (Lipinski definition) is 4. The summed E-state index contributed by atoms with van der Waals surface area (Å²) in [5.41, 5.74) is 33.8. The molecule has 0 radical (unpaired) electrons. The summed E-state index contributed by atoms with van der Waals surface area (Å²) in [6.07, 6.45) is 19.4. The summed E-state index contributed by atoms with van der Waals surface area (Å²) >= 11 is 26.7. The van der Waals surface area contributed by atoms with Crippen LogP contribution in [0.2, 0.25) is 59.4 Å². The minimum atomic E-state index is -1.43. The number of fused-ring (bicyclic) bond motifs is 1. The molecule has 0 aliphatic heterocycles. The monoisotopic (exact) mass is 1220 g/mol. The number of anilines is 3. The van der Waals surface area contributed by atoms with Gasteiger partial charge in [0.15, 0.2) is 0 Å². The molecule has 8 nitrogen and oxygen atoms in total. The Labute approximate surface area is 493 Å². The maximum atomic E-state index is 5.90. The highest BCUT2D eigenvalue weighted by atomic mass is 79.9. The van der Waals surface area contributed by atoms with Gasteiger partial charge in [-0.05, 0) is 117 Å². The first-order valence-electron chi connectivity index (χ1n) is 22.5. The first-order valence-corrected chi connectivity index (χ1v) is 31.8. The predicted octanol–water partition coefficient (Wildman–Crippen LogP) is 19.0. The lowest BCUT2D eigenvalue weighted by Gasteiger charge is -2.06. The summed E-state index contributed by atoms with van der Waals surface area (Å²) in [5.74, 6) is 7.02. The second kappa shape index (κ2) is 33.4. The molecule has 78 heavy (non-hydrogen) atoms. The summed E-state index contributed by atoms with van der Waals surface area (Å²) in [5, 5.41) is 4.01.